The Labute approximate surface area is 117 Å². The molecule has 1 aliphatic rings. The van der Waals surface area contributed by atoms with E-state index in [-0.39, 0.29) is 17.7 Å². The van der Waals surface area contributed by atoms with E-state index in [0.717, 1.165) is 0 Å². The van der Waals surface area contributed by atoms with Crippen LogP contribution in [0.3, 0.4) is 0 Å². The number of likely N-dealkylation sites (N-methyl/N-ethyl adjacent to an activating group) is 1. The minimum absolute atomic E-state index is 0.0751. The minimum Gasteiger partial charge on any atom is -0.504 e. The molecule has 0 aromatic heterocycles. The van der Waals surface area contributed by atoms with Gasteiger partial charge in [0.1, 0.15) is 6.17 Å². The molecule has 1 atom stereocenters. The monoisotopic (exact) mass is 277 g/mol. The van der Waals surface area contributed by atoms with Gasteiger partial charge in [-0.15, -0.1) is 0 Å². The molecule has 1 unspecified atom stereocenters. The number of phenols is 2. The van der Waals surface area contributed by atoms with E-state index in [4.69, 9.17) is 5.73 Å². The molecule has 108 valence electrons. The van der Waals surface area contributed by atoms with Crippen LogP contribution in [0.4, 0.5) is 0 Å². The van der Waals surface area contributed by atoms with Crippen molar-refractivity contribution in [1.82, 2.24) is 10.2 Å². The average Bonchev–Trinajstić information content (AvgIpc) is 2.39. The van der Waals surface area contributed by atoms with E-state index in [1.807, 2.05) is 18.9 Å². The van der Waals surface area contributed by atoms with Crippen LogP contribution in [0.15, 0.2) is 28.2 Å². The molecule has 2 rings (SSSR count). The molecule has 0 fully saturated rings. The quantitative estimate of drug-likeness (QED) is 0.590. The maximum atomic E-state index is 9.75. The number of nitrogens with two attached hydrogens (primary N) is 1. The normalized spacial score (nSPS) is 18.0. The molecule has 1 aromatic carbocycles. The Balaban J connectivity index is 1.99. The summed E-state index contributed by atoms with van der Waals surface area (Å²) in [5.41, 5.74) is 6.35. The summed E-state index contributed by atoms with van der Waals surface area (Å²) >= 11 is 0. The number of guanidine groups is 2. The smallest absolute Gasteiger partial charge is 0.202 e. The van der Waals surface area contributed by atoms with Crippen molar-refractivity contribution in [1.29, 1.82) is 0 Å². The molecule has 0 amide bonds. The molecule has 0 aliphatic carbocycles. The SMILES string of the molecule is CC1N=C(N)NC(N(C)CCc2cccc(O)c2O)=N1. The molecule has 1 heterocycles. The highest BCUT2D eigenvalue weighted by Crippen LogP contribution is 2.28. The number of rotatable bonds is 3. The molecule has 0 spiro atoms. The Hall–Kier alpha value is -2.44. The van der Waals surface area contributed by atoms with E-state index in [1.165, 1.54) is 6.07 Å². The van der Waals surface area contributed by atoms with Crippen molar-refractivity contribution in [2.45, 2.75) is 19.5 Å². The van der Waals surface area contributed by atoms with Crippen LogP contribution < -0.4 is 11.1 Å². The summed E-state index contributed by atoms with van der Waals surface area (Å²) in [5.74, 6) is 0.802. The fourth-order valence-electron chi connectivity index (χ4n) is 1.95. The molecule has 0 saturated carbocycles. The molecule has 0 saturated heterocycles. The topological polar surface area (TPSA) is 106 Å². The van der Waals surface area contributed by atoms with Crippen LogP contribution in [0.1, 0.15) is 12.5 Å². The summed E-state index contributed by atoms with van der Waals surface area (Å²) in [4.78, 5) is 10.3. The number of para-hydroxylation sites is 1. The lowest BCUT2D eigenvalue weighted by Gasteiger charge is -2.25. The van der Waals surface area contributed by atoms with Crippen LogP contribution >= 0.6 is 0 Å². The van der Waals surface area contributed by atoms with E-state index in [9.17, 15) is 10.2 Å². The van der Waals surface area contributed by atoms with Gasteiger partial charge in [0.25, 0.3) is 0 Å². The van der Waals surface area contributed by atoms with Crippen molar-refractivity contribution in [3.05, 3.63) is 23.8 Å². The predicted molar refractivity (Wildman–Crippen MR) is 77.8 cm³/mol. The molecular formula is C13H19N5O2. The van der Waals surface area contributed by atoms with E-state index in [2.05, 4.69) is 15.3 Å². The number of aliphatic imine (C=N–C) groups is 2. The second-order valence-corrected chi connectivity index (χ2v) is 4.68. The van der Waals surface area contributed by atoms with Crippen LogP contribution in [0, 0.1) is 0 Å². The fraction of sp³-hybridized carbons (Fsp3) is 0.385. The molecule has 1 aromatic rings. The van der Waals surface area contributed by atoms with Gasteiger partial charge in [-0.05, 0) is 25.0 Å². The van der Waals surface area contributed by atoms with E-state index in [0.29, 0.717) is 30.4 Å². The highest BCUT2D eigenvalue weighted by Gasteiger charge is 2.15. The molecule has 0 bridgehead atoms. The molecular weight excluding hydrogens is 258 g/mol. The summed E-state index contributed by atoms with van der Waals surface area (Å²) in [6.07, 6.45) is 0.367. The second kappa shape index (κ2) is 5.68. The number of aromatic hydroxyl groups is 2. The van der Waals surface area contributed by atoms with Gasteiger partial charge in [-0.3, -0.25) is 5.32 Å². The van der Waals surface area contributed by atoms with Gasteiger partial charge in [0, 0.05) is 13.6 Å². The maximum Gasteiger partial charge on any atom is 0.202 e. The zero-order valence-corrected chi connectivity index (χ0v) is 11.5. The van der Waals surface area contributed by atoms with Crippen molar-refractivity contribution in [3.63, 3.8) is 0 Å². The van der Waals surface area contributed by atoms with Gasteiger partial charge in [-0.2, -0.15) is 0 Å². The van der Waals surface area contributed by atoms with Crippen molar-refractivity contribution >= 4 is 11.9 Å². The summed E-state index contributed by atoms with van der Waals surface area (Å²) in [6, 6.07) is 4.93. The summed E-state index contributed by atoms with van der Waals surface area (Å²) in [6.45, 7) is 2.46. The zero-order chi connectivity index (χ0) is 14.7. The van der Waals surface area contributed by atoms with Gasteiger partial charge in [0.15, 0.2) is 17.5 Å². The van der Waals surface area contributed by atoms with Crippen LogP contribution in [-0.2, 0) is 6.42 Å². The first-order valence-corrected chi connectivity index (χ1v) is 6.36. The molecule has 0 radical (unpaired) electrons. The highest BCUT2D eigenvalue weighted by molar-refractivity contribution is 5.99. The Kier molecular flexibility index (Phi) is 3.97. The van der Waals surface area contributed by atoms with Crippen molar-refractivity contribution in [2.24, 2.45) is 15.7 Å². The zero-order valence-electron chi connectivity index (χ0n) is 11.5. The molecule has 7 nitrogen and oxygen atoms in total. The van der Waals surface area contributed by atoms with Gasteiger partial charge >= 0.3 is 0 Å². The van der Waals surface area contributed by atoms with Crippen LogP contribution in [0.2, 0.25) is 0 Å². The number of nitrogens with zero attached hydrogens (tertiary/aromatic N) is 3. The van der Waals surface area contributed by atoms with Crippen LogP contribution in [0.25, 0.3) is 0 Å². The van der Waals surface area contributed by atoms with E-state index in [1.54, 1.807) is 12.1 Å². The van der Waals surface area contributed by atoms with Gasteiger partial charge in [-0.25, -0.2) is 9.98 Å². The number of benzene rings is 1. The summed E-state index contributed by atoms with van der Waals surface area (Å²) in [5, 5.41) is 22.1. The highest BCUT2D eigenvalue weighted by atomic mass is 16.3. The van der Waals surface area contributed by atoms with Gasteiger partial charge in [-0.1, -0.05) is 12.1 Å². The van der Waals surface area contributed by atoms with Gasteiger partial charge in [0.2, 0.25) is 5.96 Å². The Morgan fingerprint density at radius 2 is 2.10 bits per heavy atom. The molecule has 20 heavy (non-hydrogen) atoms. The first-order valence-electron chi connectivity index (χ1n) is 6.36. The molecule has 7 heteroatoms. The van der Waals surface area contributed by atoms with Crippen molar-refractivity contribution in [3.8, 4) is 11.5 Å². The standard InChI is InChI=1S/C13H19N5O2/c1-8-15-12(14)17-13(16-8)18(2)7-6-9-4-3-5-10(19)11(9)20/h3-5,8,19-20H,6-7H2,1-2H3,(H3,14,15,16,17). The second-order valence-electron chi connectivity index (χ2n) is 4.68. The van der Waals surface area contributed by atoms with E-state index < -0.39 is 0 Å². The number of hydrogen-bond donors (Lipinski definition) is 4. The Morgan fingerprint density at radius 3 is 2.80 bits per heavy atom. The Bertz CT molecular complexity index is 556. The maximum absolute atomic E-state index is 9.75. The average molecular weight is 277 g/mol. The largest absolute Gasteiger partial charge is 0.504 e. The third-order valence-electron chi connectivity index (χ3n) is 3.05. The van der Waals surface area contributed by atoms with Crippen molar-refractivity contribution in [2.75, 3.05) is 13.6 Å². The fourth-order valence-corrected chi connectivity index (χ4v) is 1.95. The minimum atomic E-state index is -0.206. The van der Waals surface area contributed by atoms with Crippen molar-refractivity contribution < 1.29 is 10.2 Å². The lowest BCUT2D eigenvalue weighted by molar-refractivity contribution is 0.396. The summed E-state index contributed by atoms with van der Waals surface area (Å²) in [7, 11) is 1.87. The first kappa shape index (κ1) is 14.0. The summed E-state index contributed by atoms with van der Waals surface area (Å²) < 4.78 is 0. The molecule has 1 aliphatic heterocycles. The van der Waals surface area contributed by atoms with Gasteiger partial charge < -0.3 is 20.8 Å². The van der Waals surface area contributed by atoms with Gasteiger partial charge in [0.05, 0.1) is 0 Å². The van der Waals surface area contributed by atoms with E-state index >= 15 is 0 Å². The Morgan fingerprint density at radius 1 is 1.35 bits per heavy atom. The third kappa shape index (κ3) is 3.11. The number of phenolic OH excluding ortho intramolecular Hbond substituents is 2. The number of hydrogen-bond acceptors (Lipinski definition) is 7. The van der Waals surface area contributed by atoms with Crippen LogP contribution in [-0.4, -0.2) is 46.8 Å². The third-order valence-corrected chi connectivity index (χ3v) is 3.05. The molecule has 5 N–H and O–H groups in total. The predicted octanol–water partition coefficient (Wildman–Crippen LogP) is 0.192. The lowest BCUT2D eigenvalue weighted by atomic mass is 10.1. The van der Waals surface area contributed by atoms with Crippen LogP contribution in [0.5, 0.6) is 11.5 Å². The lowest BCUT2D eigenvalue weighted by Crippen LogP contribution is -2.49. The first-order chi connectivity index (χ1) is 9.47. The number of nitrogens with one attached hydrogen (secondary N) is 1.